The Kier molecular flexibility index (Phi) is 6.92. The molecule has 4 rings (SSSR count). The molecule has 0 spiro atoms. The third-order valence-electron chi connectivity index (χ3n) is 5.94. The molecule has 0 fully saturated rings. The molecule has 0 aliphatic rings. The van der Waals surface area contributed by atoms with Crippen molar-refractivity contribution in [2.75, 3.05) is 19.0 Å². The normalized spacial score (nSPS) is 11.5. The smallest absolute Gasteiger partial charge is 0.248 e. The molecule has 180 valence electrons. The summed E-state index contributed by atoms with van der Waals surface area (Å²) >= 11 is 0. The summed E-state index contributed by atoms with van der Waals surface area (Å²) in [5.74, 6) is 0.666. The number of hydrogen-bond donors (Lipinski definition) is 1. The summed E-state index contributed by atoms with van der Waals surface area (Å²) in [4.78, 5) is 12.7. The molecule has 5 nitrogen and oxygen atoms in total. The maximum Gasteiger partial charge on any atom is 0.248 e. The van der Waals surface area contributed by atoms with Gasteiger partial charge < -0.3 is 19.2 Å². The van der Waals surface area contributed by atoms with Gasteiger partial charge in [-0.2, -0.15) is 0 Å². The van der Waals surface area contributed by atoms with Crippen molar-refractivity contribution in [3.05, 3.63) is 83.4 Å². The van der Waals surface area contributed by atoms with E-state index in [1.807, 2.05) is 51.1 Å². The lowest BCUT2D eigenvalue weighted by atomic mass is 9.96. The Morgan fingerprint density at radius 2 is 1.89 bits per heavy atom. The van der Waals surface area contributed by atoms with E-state index in [9.17, 15) is 9.18 Å². The van der Waals surface area contributed by atoms with E-state index in [4.69, 9.17) is 13.9 Å². The molecule has 3 aromatic carbocycles. The minimum absolute atomic E-state index is 0.358. The summed E-state index contributed by atoms with van der Waals surface area (Å²) < 4.78 is 31.4. The number of allylic oxidation sites excluding steroid dienone is 1. The van der Waals surface area contributed by atoms with E-state index >= 15 is 0 Å². The fourth-order valence-corrected chi connectivity index (χ4v) is 4.14. The minimum Gasteiger partial charge on any atom is -0.496 e. The molecule has 1 heterocycles. The Labute approximate surface area is 204 Å². The Morgan fingerprint density at radius 3 is 2.60 bits per heavy atom. The van der Waals surface area contributed by atoms with Crippen molar-refractivity contribution in [1.29, 1.82) is 0 Å². The molecule has 1 aromatic heterocycles. The number of ether oxygens (including phenoxy) is 2. The summed E-state index contributed by atoms with van der Waals surface area (Å²) in [6.45, 7) is 7.83. The Bertz CT molecular complexity index is 1430. The molecule has 0 atom stereocenters. The zero-order valence-electron chi connectivity index (χ0n) is 20.5. The first-order chi connectivity index (χ1) is 16.8. The predicted molar refractivity (Wildman–Crippen MR) is 138 cm³/mol. The average molecular weight is 474 g/mol. The molecule has 4 aromatic rings. The predicted octanol–water partition coefficient (Wildman–Crippen LogP) is 7.31. The second-order valence-corrected chi connectivity index (χ2v) is 8.32. The van der Waals surface area contributed by atoms with Gasteiger partial charge >= 0.3 is 0 Å². The number of anilines is 1. The topological polar surface area (TPSA) is 60.7 Å². The fourth-order valence-electron chi connectivity index (χ4n) is 4.14. The number of nitrogens with one attached hydrogen (secondary N) is 1. The quantitative estimate of drug-likeness (QED) is 0.286. The summed E-state index contributed by atoms with van der Waals surface area (Å²) in [7, 11) is 1.64. The standard InChI is InChI=1S/C29H28FNO4/c1-6-34-28-19(4)29-23(24(16-35-29)21-9-7-8-10-26(21)33-5)15-22(28)18(3)13-27(32)31-20-12-11-17(2)25(30)14-20/h7-16H,6H2,1-5H3,(H,31,32)/b18-13+. The van der Waals surface area contributed by atoms with Crippen LogP contribution in [0.25, 0.3) is 27.7 Å². The number of halogens is 1. The van der Waals surface area contributed by atoms with Crippen LogP contribution in [0.4, 0.5) is 10.1 Å². The number of para-hydroxylation sites is 1. The number of aryl methyl sites for hydroxylation is 2. The van der Waals surface area contributed by atoms with E-state index in [2.05, 4.69) is 5.32 Å². The summed E-state index contributed by atoms with van der Waals surface area (Å²) in [6, 6.07) is 14.3. The van der Waals surface area contributed by atoms with E-state index in [-0.39, 0.29) is 11.7 Å². The number of amides is 1. The summed E-state index contributed by atoms with van der Waals surface area (Å²) in [6.07, 6.45) is 3.20. The summed E-state index contributed by atoms with van der Waals surface area (Å²) in [5.41, 5.74) is 5.74. The summed E-state index contributed by atoms with van der Waals surface area (Å²) in [5, 5.41) is 3.62. The minimum atomic E-state index is -0.368. The van der Waals surface area contributed by atoms with Crippen LogP contribution < -0.4 is 14.8 Å². The van der Waals surface area contributed by atoms with Crippen molar-refractivity contribution in [2.24, 2.45) is 0 Å². The van der Waals surface area contributed by atoms with Crippen LogP contribution in [-0.4, -0.2) is 19.6 Å². The number of hydrogen-bond acceptors (Lipinski definition) is 4. The van der Waals surface area contributed by atoms with Crippen LogP contribution in [0, 0.1) is 19.7 Å². The number of carbonyl (C=O) groups is 1. The van der Waals surface area contributed by atoms with E-state index in [0.29, 0.717) is 34.8 Å². The number of furan rings is 1. The van der Waals surface area contributed by atoms with Crippen molar-refractivity contribution in [3.8, 4) is 22.6 Å². The molecule has 1 N–H and O–H groups in total. The Hall–Kier alpha value is -4.06. The van der Waals surface area contributed by atoms with E-state index in [0.717, 1.165) is 33.4 Å². The lowest BCUT2D eigenvalue weighted by Crippen LogP contribution is -2.09. The van der Waals surface area contributed by atoms with Crippen LogP contribution in [0.15, 0.2) is 65.3 Å². The van der Waals surface area contributed by atoms with Crippen molar-refractivity contribution < 1.29 is 23.1 Å². The molecule has 0 saturated heterocycles. The van der Waals surface area contributed by atoms with Crippen LogP contribution in [0.1, 0.15) is 30.5 Å². The molecule has 35 heavy (non-hydrogen) atoms. The monoisotopic (exact) mass is 473 g/mol. The highest BCUT2D eigenvalue weighted by atomic mass is 19.1. The van der Waals surface area contributed by atoms with Crippen LogP contribution in [0.3, 0.4) is 0 Å². The van der Waals surface area contributed by atoms with Crippen molar-refractivity contribution >= 4 is 28.1 Å². The Balaban J connectivity index is 1.79. The van der Waals surface area contributed by atoms with Gasteiger partial charge in [0.2, 0.25) is 5.91 Å². The van der Waals surface area contributed by atoms with Gasteiger partial charge in [-0.15, -0.1) is 0 Å². The molecule has 0 saturated carbocycles. The fraction of sp³-hybridized carbons (Fsp3) is 0.207. The molecule has 0 aliphatic heterocycles. The number of benzene rings is 3. The van der Waals surface area contributed by atoms with Crippen molar-refractivity contribution in [2.45, 2.75) is 27.7 Å². The van der Waals surface area contributed by atoms with E-state index in [1.54, 1.807) is 32.4 Å². The van der Waals surface area contributed by atoms with Gasteiger partial charge in [0, 0.05) is 39.4 Å². The number of methoxy groups -OCH3 is 1. The molecule has 0 bridgehead atoms. The van der Waals surface area contributed by atoms with Crippen molar-refractivity contribution in [1.82, 2.24) is 0 Å². The van der Waals surface area contributed by atoms with Gasteiger partial charge in [-0.1, -0.05) is 24.3 Å². The van der Waals surface area contributed by atoms with Gasteiger partial charge in [-0.05, 0) is 63.1 Å². The number of fused-ring (bicyclic) bond motifs is 1. The van der Waals surface area contributed by atoms with E-state index < -0.39 is 0 Å². The first kappa shape index (κ1) is 24.1. The van der Waals surface area contributed by atoms with Gasteiger partial charge in [0.05, 0.1) is 20.0 Å². The van der Waals surface area contributed by atoms with Crippen molar-refractivity contribution in [3.63, 3.8) is 0 Å². The van der Waals surface area contributed by atoms with E-state index in [1.165, 1.54) is 12.1 Å². The van der Waals surface area contributed by atoms with Crippen LogP contribution in [0.5, 0.6) is 11.5 Å². The van der Waals surface area contributed by atoms with Gasteiger partial charge in [-0.25, -0.2) is 4.39 Å². The molecule has 6 heteroatoms. The highest BCUT2D eigenvalue weighted by molar-refractivity contribution is 6.06. The highest BCUT2D eigenvalue weighted by Crippen LogP contribution is 2.42. The molecule has 1 amide bonds. The maximum atomic E-state index is 13.9. The van der Waals surface area contributed by atoms with Gasteiger partial charge in [0.15, 0.2) is 0 Å². The second-order valence-electron chi connectivity index (χ2n) is 8.32. The highest BCUT2D eigenvalue weighted by Gasteiger charge is 2.20. The third kappa shape index (κ3) is 4.78. The molecule has 0 radical (unpaired) electrons. The average Bonchev–Trinajstić information content (AvgIpc) is 3.27. The van der Waals surface area contributed by atoms with Crippen LogP contribution in [0.2, 0.25) is 0 Å². The number of carbonyl (C=O) groups excluding carboxylic acids is 1. The molecular formula is C29H28FNO4. The van der Waals surface area contributed by atoms with Crippen LogP contribution >= 0.6 is 0 Å². The largest absolute Gasteiger partial charge is 0.496 e. The second kappa shape index (κ2) is 10.1. The third-order valence-corrected chi connectivity index (χ3v) is 5.94. The maximum absolute atomic E-state index is 13.9. The first-order valence-electron chi connectivity index (χ1n) is 11.4. The number of rotatable bonds is 7. The van der Waals surface area contributed by atoms with Gasteiger partial charge in [-0.3, -0.25) is 4.79 Å². The zero-order valence-corrected chi connectivity index (χ0v) is 20.5. The lowest BCUT2D eigenvalue weighted by molar-refractivity contribution is -0.111. The molecule has 0 unspecified atom stereocenters. The van der Waals surface area contributed by atoms with Gasteiger partial charge in [0.1, 0.15) is 22.9 Å². The zero-order chi connectivity index (χ0) is 25.1. The molecule has 0 aliphatic carbocycles. The Morgan fingerprint density at radius 1 is 1.11 bits per heavy atom. The van der Waals surface area contributed by atoms with Crippen LogP contribution in [-0.2, 0) is 4.79 Å². The molecular weight excluding hydrogens is 445 g/mol. The lowest BCUT2D eigenvalue weighted by Gasteiger charge is -2.15. The SMILES string of the molecule is CCOc1c(/C(C)=C/C(=O)Nc2ccc(C)c(F)c2)cc2c(-c3ccccc3OC)coc2c1C. The van der Waals surface area contributed by atoms with Gasteiger partial charge in [0.25, 0.3) is 0 Å². The first-order valence-corrected chi connectivity index (χ1v) is 11.4.